The summed E-state index contributed by atoms with van der Waals surface area (Å²) in [7, 11) is -4.29. The molecule has 2 aromatic carbocycles. The number of nitrogens with zero attached hydrogens (tertiary/aromatic N) is 1. The molecule has 4 aromatic rings. The van der Waals surface area contributed by atoms with Crippen LogP contribution in [0.2, 0.25) is 5.02 Å². The molecule has 0 saturated carbocycles. The third-order valence-electron chi connectivity index (χ3n) is 4.91. The number of carbonyl (C=O) groups excluding carboxylic acids is 1. The second kappa shape index (κ2) is 8.53. The number of aromatic nitrogens is 2. The van der Waals surface area contributed by atoms with Gasteiger partial charge in [0, 0.05) is 29.8 Å². The molecule has 0 atom stereocenters. The standard InChI is InChI=1S/C22H15ClF3N3O3S/c23-20-16(22(24,25)26)2-1-3-19(20)33(31,32)15-6-4-13(5-7-15)11-28-21(30)18-10-14-12-27-9-8-17(14)29-18/h1-10,12,29H,11H2,(H,28,30). The van der Waals surface area contributed by atoms with Crippen molar-refractivity contribution in [3.63, 3.8) is 0 Å². The van der Waals surface area contributed by atoms with Gasteiger partial charge < -0.3 is 10.3 Å². The van der Waals surface area contributed by atoms with Crippen molar-refractivity contribution in [2.75, 3.05) is 0 Å². The lowest BCUT2D eigenvalue weighted by atomic mass is 10.2. The fraction of sp³-hybridized carbons (Fsp3) is 0.0909. The zero-order chi connectivity index (χ0) is 23.8. The number of rotatable bonds is 5. The quantitative estimate of drug-likeness (QED) is 0.409. The number of benzene rings is 2. The molecule has 170 valence electrons. The molecule has 0 unspecified atom stereocenters. The molecular formula is C22H15ClF3N3O3S. The molecule has 33 heavy (non-hydrogen) atoms. The number of alkyl halides is 3. The van der Waals surface area contributed by atoms with Gasteiger partial charge in [0.25, 0.3) is 5.91 Å². The summed E-state index contributed by atoms with van der Waals surface area (Å²) in [5.41, 5.74) is 0.474. The van der Waals surface area contributed by atoms with Gasteiger partial charge in [-0.2, -0.15) is 13.2 Å². The van der Waals surface area contributed by atoms with Crippen LogP contribution in [0.3, 0.4) is 0 Å². The van der Waals surface area contributed by atoms with E-state index in [9.17, 15) is 26.4 Å². The SMILES string of the molecule is O=C(NCc1ccc(S(=O)(=O)c2cccc(C(F)(F)F)c2Cl)cc1)c1cc2cnccc2[nH]1. The number of hydrogen-bond donors (Lipinski definition) is 2. The summed E-state index contributed by atoms with van der Waals surface area (Å²) in [5.74, 6) is -0.362. The first kappa shape index (κ1) is 22.8. The highest BCUT2D eigenvalue weighted by atomic mass is 35.5. The molecule has 0 radical (unpaired) electrons. The number of halogens is 4. The van der Waals surface area contributed by atoms with Crippen molar-refractivity contribution in [2.45, 2.75) is 22.5 Å². The minimum Gasteiger partial charge on any atom is -0.350 e. The molecule has 11 heteroatoms. The Morgan fingerprint density at radius 1 is 1.09 bits per heavy atom. The van der Waals surface area contributed by atoms with E-state index in [0.717, 1.165) is 29.1 Å². The molecule has 0 spiro atoms. The second-order valence-corrected chi connectivity index (χ2v) is 9.39. The first-order valence-corrected chi connectivity index (χ1v) is 11.3. The van der Waals surface area contributed by atoms with Gasteiger partial charge in [0.2, 0.25) is 9.84 Å². The van der Waals surface area contributed by atoms with Gasteiger partial charge in [-0.3, -0.25) is 9.78 Å². The van der Waals surface area contributed by atoms with Crippen molar-refractivity contribution in [1.29, 1.82) is 0 Å². The Balaban J connectivity index is 1.50. The molecule has 0 aliphatic carbocycles. The summed E-state index contributed by atoms with van der Waals surface area (Å²) in [6, 6.07) is 11.6. The summed E-state index contributed by atoms with van der Waals surface area (Å²) in [5, 5.41) is 2.62. The molecule has 0 aliphatic rings. The van der Waals surface area contributed by atoms with E-state index < -0.39 is 31.5 Å². The Kier molecular flexibility index (Phi) is 5.89. The largest absolute Gasteiger partial charge is 0.417 e. The average Bonchev–Trinajstić information content (AvgIpc) is 3.21. The number of sulfone groups is 1. The van der Waals surface area contributed by atoms with Crippen LogP contribution in [0.5, 0.6) is 0 Å². The smallest absolute Gasteiger partial charge is 0.350 e. The van der Waals surface area contributed by atoms with Gasteiger partial charge in [-0.25, -0.2) is 8.42 Å². The molecular weight excluding hydrogens is 479 g/mol. The lowest BCUT2D eigenvalue weighted by Gasteiger charge is -2.13. The number of amides is 1. The number of carbonyl (C=O) groups is 1. The number of nitrogens with one attached hydrogen (secondary N) is 2. The Morgan fingerprint density at radius 2 is 1.82 bits per heavy atom. The minimum atomic E-state index is -4.79. The number of aromatic amines is 1. The summed E-state index contributed by atoms with van der Waals surface area (Å²) in [6.45, 7) is 0.108. The number of pyridine rings is 1. The van der Waals surface area contributed by atoms with Crippen LogP contribution in [0, 0.1) is 0 Å². The summed E-state index contributed by atoms with van der Waals surface area (Å²) < 4.78 is 65.0. The van der Waals surface area contributed by atoms with Crippen LogP contribution in [0.15, 0.2) is 76.8 Å². The molecule has 0 aliphatic heterocycles. The number of fused-ring (bicyclic) bond motifs is 1. The molecule has 1 amide bonds. The fourth-order valence-electron chi connectivity index (χ4n) is 3.22. The van der Waals surface area contributed by atoms with Crippen molar-refractivity contribution in [1.82, 2.24) is 15.3 Å². The van der Waals surface area contributed by atoms with Crippen LogP contribution in [-0.2, 0) is 22.6 Å². The lowest BCUT2D eigenvalue weighted by molar-refractivity contribution is -0.137. The Labute approximate surface area is 191 Å². The monoisotopic (exact) mass is 493 g/mol. The Morgan fingerprint density at radius 3 is 2.48 bits per heavy atom. The maximum atomic E-state index is 13.1. The van der Waals surface area contributed by atoms with Gasteiger partial charge in [-0.1, -0.05) is 29.8 Å². The first-order valence-electron chi connectivity index (χ1n) is 9.48. The van der Waals surface area contributed by atoms with Gasteiger partial charge in [-0.05, 0) is 42.0 Å². The summed E-state index contributed by atoms with van der Waals surface area (Å²) in [6.07, 6.45) is -1.56. The van der Waals surface area contributed by atoms with E-state index in [0.29, 0.717) is 11.3 Å². The van der Waals surface area contributed by atoms with Crippen LogP contribution in [0.25, 0.3) is 10.9 Å². The predicted molar refractivity (Wildman–Crippen MR) is 116 cm³/mol. The molecule has 4 rings (SSSR count). The van der Waals surface area contributed by atoms with Crippen LogP contribution in [0.4, 0.5) is 13.2 Å². The van der Waals surface area contributed by atoms with Crippen molar-refractivity contribution < 1.29 is 26.4 Å². The van der Waals surface area contributed by atoms with E-state index in [4.69, 9.17) is 11.6 Å². The first-order chi connectivity index (χ1) is 15.6. The van der Waals surface area contributed by atoms with Gasteiger partial charge in [0.15, 0.2) is 0 Å². The minimum absolute atomic E-state index is 0.108. The summed E-state index contributed by atoms with van der Waals surface area (Å²) in [4.78, 5) is 18.5. The zero-order valence-electron chi connectivity index (χ0n) is 16.7. The molecule has 2 aromatic heterocycles. The van der Waals surface area contributed by atoms with Gasteiger partial charge >= 0.3 is 6.18 Å². The van der Waals surface area contributed by atoms with E-state index >= 15 is 0 Å². The highest BCUT2D eigenvalue weighted by molar-refractivity contribution is 7.91. The topological polar surface area (TPSA) is 91.9 Å². The molecule has 0 saturated heterocycles. The van der Waals surface area contributed by atoms with Gasteiger partial charge in [-0.15, -0.1) is 0 Å². The van der Waals surface area contributed by atoms with Gasteiger partial charge in [0.1, 0.15) is 5.69 Å². The molecule has 0 fully saturated rings. The van der Waals surface area contributed by atoms with E-state index in [1.807, 2.05) is 0 Å². The number of hydrogen-bond acceptors (Lipinski definition) is 4. The fourth-order valence-corrected chi connectivity index (χ4v) is 5.11. The number of H-pyrrole nitrogens is 1. The van der Waals surface area contributed by atoms with Crippen molar-refractivity contribution >= 4 is 38.2 Å². The normalized spacial score (nSPS) is 12.1. The highest BCUT2D eigenvalue weighted by Gasteiger charge is 2.36. The Hall–Kier alpha value is -3.37. The lowest BCUT2D eigenvalue weighted by Crippen LogP contribution is -2.23. The molecule has 6 nitrogen and oxygen atoms in total. The van der Waals surface area contributed by atoms with Gasteiger partial charge in [0.05, 0.1) is 20.4 Å². The zero-order valence-corrected chi connectivity index (χ0v) is 18.2. The van der Waals surface area contributed by atoms with E-state index in [2.05, 4.69) is 15.3 Å². The summed E-state index contributed by atoms with van der Waals surface area (Å²) >= 11 is 5.78. The predicted octanol–water partition coefficient (Wildman–Crippen LogP) is 5.00. The Bertz CT molecular complexity index is 1420. The van der Waals surface area contributed by atoms with E-state index in [-0.39, 0.29) is 17.3 Å². The third kappa shape index (κ3) is 4.57. The van der Waals surface area contributed by atoms with E-state index in [1.54, 1.807) is 24.5 Å². The van der Waals surface area contributed by atoms with Crippen molar-refractivity contribution in [3.8, 4) is 0 Å². The van der Waals surface area contributed by atoms with E-state index in [1.165, 1.54) is 24.3 Å². The molecule has 0 bridgehead atoms. The molecule has 2 heterocycles. The maximum absolute atomic E-state index is 13.1. The maximum Gasteiger partial charge on any atom is 0.417 e. The molecule has 2 N–H and O–H groups in total. The van der Waals surface area contributed by atoms with Crippen LogP contribution in [0.1, 0.15) is 21.6 Å². The second-order valence-electron chi connectivity index (χ2n) is 7.09. The third-order valence-corrected chi connectivity index (χ3v) is 7.24. The van der Waals surface area contributed by atoms with Crippen LogP contribution < -0.4 is 5.32 Å². The van der Waals surface area contributed by atoms with Crippen molar-refractivity contribution in [3.05, 3.63) is 88.8 Å². The van der Waals surface area contributed by atoms with Crippen LogP contribution in [-0.4, -0.2) is 24.3 Å². The average molecular weight is 494 g/mol. The highest BCUT2D eigenvalue weighted by Crippen LogP contribution is 2.39. The van der Waals surface area contributed by atoms with Crippen molar-refractivity contribution in [2.24, 2.45) is 0 Å². The van der Waals surface area contributed by atoms with Crippen LogP contribution >= 0.6 is 11.6 Å².